The molecule has 1 amide bonds. The summed E-state index contributed by atoms with van der Waals surface area (Å²) in [4.78, 5) is 17.2. The average molecular weight is 337 g/mol. The van der Waals surface area contributed by atoms with Crippen LogP contribution >= 0.6 is 0 Å². The molecule has 1 fully saturated rings. The number of carbonyl (C=O) groups is 1. The van der Waals surface area contributed by atoms with Gasteiger partial charge in [0.15, 0.2) is 0 Å². The Morgan fingerprint density at radius 3 is 2.36 bits per heavy atom. The molecule has 1 aromatic heterocycles. The van der Waals surface area contributed by atoms with E-state index in [0.717, 1.165) is 49.7 Å². The molecule has 1 aliphatic heterocycles. The summed E-state index contributed by atoms with van der Waals surface area (Å²) in [5.74, 6) is 0.167. The molecule has 3 rings (SSSR count). The molecule has 0 unspecified atom stereocenters. The van der Waals surface area contributed by atoms with Crippen LogP contribution in [0.4, 0.5) is 0 Å². The van der Waals surface area contributed by atoms with E-state index in [2.05, 4.69) is 45.9 Å². The van der Waals surface area contributed by atoms with Gasteiger partial charge in [-0.3, -0.25) is 9.69 Å². The highest BCUT2D eigenvalue weighted by atomic mass is 16.2. The first-order valence-electron chi connectivity index (χ1n) is 8.92. The largest absolute Gasteiger partial charge is 0.351 e. The Morgan fingerprint density at radius 2 is 1.76 bits per heavy atom. The molecule has 2 aromatic rings. The highest BCUT2D eigenvalue weighted by molar-refractivity contribution is 5.95. The molecule has 0 bridgehead atoms. The van der Waals surface area contributed by atoms with Crippen molar-refractivity contribution in [2.45, 2.75) is 13.8 Å². The van der Waals surface area contributed by atoms with Crippen molar-refractivity contribution >= 4 is 12.0 Å². The molecule has 2 heterocycles. The second kappa shape index (κ2) is 7.70. The normalized spacial score (nSPS) is 15.9. The Labute approximate surface area is 150 Å². The molecule has 0 atom stereocenters. The standard InChI is InChI=1S/C21H27N3O/c1-17-16-20(18(2)22(17)3)21(25)24-14-12-23(13-15-24)11-7-10-19-8-5-4-6-9-19/h4-10,16H,11-15H2,1-3H3/b10-7+. The molecular weight excluding hydrogens is 310 g/mol. The van der Waals surface area contributed by atoms with E-state index in [1.165, 1.54) is 5.56 Å². The third kappa shape index (κ3) is 4.02. The second-order valence-electron chi connectivity index (χ2n) is 6.75. The van der Waals surface area contributed by atoms with Crippen LogP contribution in [0.25, 0.3) is 6.08 Å². The first-order valence-corrected chi connectivity index (χ1v) is 8.92. The molecule has 0 aliphatic carbocycles. The van der Waals surface area contributed by atoms with E-state index in [1.807, 2.05) is 37.9 Å². The van der Waals surface area contributed by atoms with Crippen LogP contribution in [0.2, 0.25) is 0 Å². The zero-order chi connectivity index (χ0) is 17.8. The van der Waals surface area contributed by atoms with Crippen LogP contribution in [0.1, 0.15) is 27.3 Å². The van der Waals surface area contributed by atoms with E-state index in [1.54, 1.807) is 0 Å². The summed E-state index contributed by atoms with van der Waals surface area (Å²) in [5.41, 5.74) is 4.25. The predicted octanol–water partition coefficient (Wildman–Crippen LogP) is 3.11. The molecule has 1 aromatic carbocycles. The van der Waals surface area contributed by atoms with Crippen molar-refractivity contribution < 1.29 is 4.79 Å². The predicted molar refractivity (Wildman–Crippen MR) is 103 cm³/mol. The van der Waals surface area contributed by atoms with Crippen LogP contribution in [-0.2, 0) is 7.05 Å². The van der Waals surface area contributed by atoms with Gasteiger partial charge in [0.2, 0.25) is 0 Å². The van der Waals surface area contributed by atoms with E-state index in [9.17, 15) is 4.79 Å². The van der Waals surface area contributed by atoms with Gasteiger partial charge in [0.25, 0.3) is 5.91 Å². The topological polar surface area (TPSA) is 28.5 Å². The van der Waals surface area contributed by atoms with Gasteiger partial charge >= 0.3 is 0 Å². The monoisotopic (exact) mass is 337 g/mol. The minimum Gasteiger partial charge on any atom is -0.351 e. The number of nitrogens with zero attached hydrogens (tertiary/aromatic N) is 3. The molecule has 1 saturated heterocycles. The number of aryl methyl sites for hydroxylation is 1. The maximum Gasteiger partial charge on any atom is 0.255 e. The van der Waals surface area contributed by atoms with Gasteiger partial charge < -0.3 is 9.47 Å². The molecule has 0 saturated carbocycles. The minimum atomic E-state index is 0.167. The molecule has 0 spiro atoms. The van der Waals surface area contributed by atoms with Gasteiger partial charge in [0, 0.05) is 51.2 Å². The van der Waals surface area contributed by atoms with E-state index in [4.69, 9.17) is 0 Å². The highest BCUT2D eigenvalue weighted by Gasteiger charge is 2.24. The lowest BCUT2D eigenvalue weighted by Gasteiger charge is -2.34. The molecule has 0 radical (unpaired) electrons. The first-order chi connectivity index (χ1) is 12.1. The summed E-state index contributed by atoms with van der Waals surface area (Å²) in [7, 11) is 2.01. The van der Waals surface area contributed by atoms with Crippen molar-refractivity contribution in [1.82, 2.24) is 14.4 Å². The number of amides is 1. The summed E-state index contributed by atoms with van der Waals surface area (Å²) in [6, 6.07) is 12.4. The van der Waals surface area contributed by atoms with Crippen LogP contribution in [0.15, 0.2) is 42.5 Å². The molecular formula is C21H27N3O. The fraction of sp³-hybridized carbons (Fsp3) is 0.381. The third-order valence-corrected chi connectivity index (χ3v) is 5.14. The molecule has 1 aliphatic rings. The maximum atomic E-state index is 12.8. The van der Waals surface area contributed by atoms with Crippen molar-refractivity contribution in [3.05, 3.63) is 65.0 Å². The van der Waals surface area contributed by atoms with Crippen LogP contribution < -0.4 is 0 Å². The number of benzene rings is 1. The third-order valence-electron chi connectivity index (χ3n) is 5.14. The summed E-state index contributed by atoms with van der Waals surface area (Å²) in [5, 5.41) is 0. The quantitative estimate of drug-likeness (QED) is 0.858. The van der Waals surface area contributed by atoms with Crippen LogP contribution in [0, 0.1) is 13.8 Å². The lowest BCUT2D eigenvalue weighted by atomic mass is 10.2. The number of hydrogen-bond donors (Lipinski definition) is 0. The Hall–Kier alpha value is -2.33. The molecule has 132 valence electrons. The smallest absolute Gasteiger partial charge is 0.255 e. The van der Waals surface area contributed by atoms with Gasteiger partial charge in [0.1, 0.15) is 0 Å². The summed E-state index contributed by atoms with van der Waals surface area (Å²) in [6.45, 7) is 8.44. The Morgan fingerprint density at radius 1 is 1.08 bits per heavy atom. The molecule has 0 N–H and O–H groups in total. The zero-order valence-corrected chi connectivity index (χ0v) is 15.4. The van der Waals surface area contributed by atoms with Gasteiger partial charge in [-0.25, -0.2) is 0 Å². The number of carbonyl (C=O) groups excluding carboxylic acids is 1. The van der Waals surface area contributed by atoms with Crippen molar-refractivity contribution in [3.63, 3.8) is 0 Å². The van der Waals surface area contributed by atoms with Gasteiger partial charge in [-0.2, -0.15) is 0 Å². The Bertz CT molecular complexity index is 753. The number of rotatable bonds is 4. The first kappa shape index (κ1) is 17.5. The molecule has 4 nitrogen and oxygen atoms in total. The van der Waals surface area contributed by atoms with E-state index in [0.29, 0.717) is 0 Å². The Kier molecular flexibility index (Phi) is 5.39. The SMILES string of the molecule is Cc1cc(C(=O)N2CCN(C/C=C/c3ccccc3)CC2)c(C)n1C. The van der Waals surface area contributed by atoms with Gasteiger partial charge in [-0.1, -0.05) is 42.5 Å². The van der Waals surface area contributed by atoms with Crippen molar-refractivity contribution in [2.24, 2.45) is 7.05 Å². The fourth-order valence-corrected chi connectivity index (χ4v) is 3.28. The second-order valence-corrected chi connectivity index (χ2v) is 6.75. The summed E-state index contributed by atoms with van der Waals surface area (Å²) < 4.78 is 2.08. The lowest BCUT2D eigenvalue weighted by molar-refractivity contribution is 0.0649. The number of aromatic nitrogens is 1. The van der Waals surface area contributed by atoms with Crippen LogP contribution in [0.5, 0.6) is 0 Å². The van der Waals surface area contributed by atoms with Crippen molar-refractivity contribution in [2.75, 3.05) is 32.7 Å². The summed E-state index contributed by atoms with van der Waals surface area (Å²) in [6.07, 6.45) is 4.37. The van der Waals surface area contributed by atoms with Crippen molar-refractivity contribution in [1.29, 1.82) is 0 Å². The van der Waals surface area contributed by atoms with Crippen LogP contribution in [-0.4, -0.2) is 53.0 Å². The minimum absolute atomic E-state index is 0.167. The van der Waals surface area contributed by atoms with Crippen LogP contribution in [0.3, 0.4) is 0 Å². The van der Waals surface area contributed by atoms with Crippen molar-refractivity contribution in [3.8, 4) is 0 Å². The fourth-order valence-electron chi connectivity index (χ4n) is 3.28. The number of hydrogen-bond acceptors (Lipinski definition) is 2. The van der Waals surface area contributed by atoms with Gasteiger partial charge in [0.05, 0.1) is 5.56 Å². The van der Waals surface area contributed by atoms with E-state index < -0.39 is 0 Å². The van der Waals surface area contributed by atoms with Gasteiger partial charge in [-0.05, 0) is 25.5 Å². The molecule has 4 heteroatoms. The summed E-state index contributed by atoms with van der Waals surface area (Å²) >= 11 is 0. The van der Waals surface area contributed by atoms with E-state index >= 15 is 0 Å². The van der Waals surface area contributed by atoms with Gasteiger partial charge in [-0.15, -0.1) is 0 Å². The highest BCUT2D eigenvalue weighted by Crippen LogP contribution is 2.17. The Balaban J connectivity index is 1.52. The van der Waals surface area contributed by atoms with E-state index in [-0.39, 0.29) is 5.91 Å². The average Bonchev–Trinajstić information content (AvgIpc) is 2.90. The molecule has 25 heavy (non-hydrogen) atoms. The maximum absolute atomic E-state index is 12.8. The number of piperazine rings is 1. The lowest BCUT2D eigenvalue weighted by Crippen LogP contribution is -2.48. The zero-order valence-electron chi connectivity index (χ0n) is 15.4.